The molecular weight excluding hydrogens is 602 g/mol. The van der Waals surface area contributed by atoms with Crippen molar-refractivity contribution < 1.29 is 18.0 Å². The molecule has 208 valence electrons. The first kappa shape index (κ1) is 30.7. The Morgan fingerprint density at radius 1 is 0.974 bits per heavy atom. The number of carbonyl (C=O) groups is 2. The molecule has 0 aliphatic heterocycles. The Kier molecular flexibility index (Phi) is 11.0. The summed E-state index contributed by atoms with van der Waals surface area (Å²) in [5.41, 5.74) is 1.98. The van der Waals surface area contributed by atoms with Crippen molar-refractivity contribution in [3.8, 4) is 0 Å². The molecule has 0 aromatic heterocycles. The van der Waals surface area contributed by atoms with Crippen LogP contribution in [0.2, 0.25) is 5.02 Å². The molecule has 0 fully saturated rings. The standard InChI is InChI=1S/C29H33BrClN3O4S/c1-4-21(2)32-29(36)27(18-22-9-6-5-7-10-22)33(19-23-11-8-12-24(30)17-23)28(35)20-34(39(3,37)38)26-15-13-25(31)14-16-26/h5-17,21,27H,4,18-20H2,1-3H3,(H,32,36)/t21-,27-/m1/s1. The summed E-state index contributed by atoms with van der Waals surface area (Å²) < 4.78 is 27.4. The van der Waals surface area contributed by atoms with Gasteiger partial charge in [0.05, 0.1) is 11.9 Å². The van der Waals surface area contributed by atoms with Crippen LogP contribution in [0, 0.1) is 0 Å². The molecule has 7 nitrogen and oxygen atoms in total. The Bertz CT molecular complexity index is 1370. The summed E-state index contributed by atoms with van der Waals surface area (Å²) in [5.74, 6) is -0.801. The zero-order chi connectivity index (χ0) is 28.6. The van der Waals surface area contributed by atoms with Gasteiger partial charge in [-0.3, -0.25) is 13.9 Å². The first-order valence-electron chi connectivity index (χ1n) is 12.6. The molecular formula is C29H33BrClN3O4S. The number of sulfonamides is 1. The third kappa shape index (κ3) is 9.08. The Hall–Kier alpha value is -2.88. The van der Waals surface area contributed by atoms with E-state index in [0.717, 1.165) is 32.6 Å². The zero-order valence-corrected chi connectivity index (χ0v) is 25.3. The lowest BCUT2D eigenvalue weighted by atomic mass is 10.0. The molecule has 0 spiro atoms. The van der Waals surface area contributed by atoms with E-state index < -0.39 is 28.5 Å². The third-order valence-corrected chi connectivity index (χ3v) is 8.19. The monoisotopic (exact) mass is 633 g/mol. The number of hydrogen-bond donors (Lipinski definition) is 1. The molecule has 3 aromatic rings. The quantitative estimate of drug-likeness (QED) is 0.288. The average Bonchev–Trinajstić information content (AvgIpc) is 2.89. The van der Waals surface area contributed by atoms with Crippen LogP contribution in [0.3, 0.4) is 0 Å². The van der Waals surface area contributed by atoms with Crippen LogP contribution in [0.5, 0.6) is 0 Å². The third-order valence-electron chi connectivity index (χ3n) is 6.31. The van der Waals surface area contributed by atoms with E-state index in [2.05, 4.69) is 21.2 Å². The van der Waals surface area contributed by atoms with Crippen LogP contribution in [-0.4, -0.2) is 50.0 Å². The van der Waals surface area contributed by atoms with Crippen molar-refractivity contribution in [3.05, 3.63) is 99.5 Å². The molecule has 0 radical (unpaired) electrons. The molecule has 0 saturated heterocycles. The van der Waals surface area contributed by atoms with E-state index in [0.29, 0.717) is 10.7 Å². The van der Waals surface area contributed by atoms with Gasteiger partial charge in [0.2, 0.25) is 21.8 Å². The molecule has 0 bridgehead atoms. The van der Waals surface area contributed by atoms with Gasteiger partial charge in [0.1, 0.15) is 12.6 Å². The van der Waals surface area contributed by atoms with Gasteiger partial charge in [-0.15, -0.1) is 0 Å². The number of benzene rings is 3. The number of hydrogen-bond acceptors (Lipinski definition) is 4. The molecule has 0 aliphatic carbocycles. The van der Waals surface area contributed by atoms with E-state index in [1.54, 1.807) is 24.3 Å². The molecule has 3 rings (SSSR count). The van der Waals surface area contributed by atoms with Crippen molar-refractivity contribution in [2.75, 3.05) is 17.1 Å². The summed E-state index contributed by atoms with van der Waals surface area (Å²) >= 11 is 9.48. The van der Waals surface area contributed by atoms with Gasteiger partial charge in [-0.2, -0.15) is 0 Å². The highest BCUT2D eigenvalue weighted by atomic mass is 79.9. The van der Waals surface area contributed by atoms with Crippen molar-refractivity contribution in [1.82, 2.24) is 10.2 Å². The summed E-state index contributed by atoms with van der Waals surface area (Å²) in [6, 6.07) is 22.2. The SMILES string of the molecule is CC[C@@H](C)NC(=O)[C@@H](Cc1ccccc1)N(Cc1cccc(Br)c1)C(=O)CN(c1ccc(Cl)cc1)S(C)(=O)=O. The minimum atomic E-state index is -3.83. The van der Waals surface area contributed by atoms with Gasteiger partial charge in [-0.25, -0.2) is 8.42 Å². The number of nitrogens with one attached hydrogen (secondary N) is 1. The lowest BCUT2D eigenvalue weighted by Crippen LogP contribution is -2.54. The Balaban J connectivity index is 2.05. The van der Waals surface area contributed by atoms with E-state index in [-0.39, 0.29) is 24.9 Å². The van der Waals surface area contributed by atoms with Gasteiger partial charge >= 0.3 is 0 Å². The maximum absolute atomic E-state index is 14.0. The van der Waals surface area contributed by atoms with Gasteiger partial charge in [-0.05, 0) is 60.9 Å². The lowest BCUT2D eigenvalue weighted by molar-refractivity contribution is -0.140. The van der Waals surface area contributed by atoms with Crippen LogP contribution < -0.4 is 9.62 Å². The van der Waals surface area contributed by atoms with Crippen LogP contribution in [0.4, 0.5) is 5.69 Å². The van der Waals surface area contributed by atoms with E-state index in [1.165, 1.54) is 4.90 Å². The molecule has 3 aromatic carbocycles. The fourth-order valence-electron chi connectivity index (χ4n) is 4.05. The van der Waals surface area contributed by atoms with Crippen LogP contribution >= 0.6 is 27.5 Å². The topological polar surface area (TPSA) is 86.8 Å². The highest BCUT2D eigenvalue weighted by Gasteiger charge is 2.33. The Morgan fingerprint density at radius 2 is 1.62 bits per heavy atom. The van der Waals surface area contributed by atoms with Crippen LogP contribution in [-0.2, 0) is 32.6 Å². The molecule has 0 aliphatic rings. The number of nitrogens with zero attached hydrogens (tertiary/aromatic N) is 2. The number of amides is 2. The van der Waals surface area contributed by atoms with E-state index >= 15 is 0 Å². The van der Waals surface area contributed by atoms with E-state index in [9.17, 15) is 18.0 Å². The molecule has 0 saturated carbocycles. The summed E-state index contributed by atoms with van der Waals surface area (Å²) in [6.07, 6.45) is 2.04. The lowest BCUT2D eigenvalue weighted by Gasteiger charge is -2.34. The predicted octanol–water partition coefficient (Wildman–Crippen LogP) is 5.42. The van der Waals surface area contributed by atoms with Gasteiger partial charge in [0.25, 0.3) is 0 Å². The molecule has 1 N–H and O–H groups in total. The van der Waals surface area contributed by atoms with Crippen LogP contribution in [0.15, 0.2) is 83.3 Å². The molecule has 10 heteroatoms. The van der Waals surface area contributed by atoms with Crippen molar-refractivity contribution in [3.63, 3.8) is 0 Å². The maximum Gasteiger partial charge on any atom is 0.244 e. The van der Waals surface area contributed by atoms with Gasteiger partial charge < -0.3 is 10.2 Å². The van der Waals surface area contributed by atoms with Crippen LogP contribution in [0.25, 0.3) is 0 Å². The Labute approximate surface area is 244 Å². The highest BCUT2D eigenvalue weighted by molar-refractivity contribution is 9.10. The molecule has 0 unspecified atom stereocenters. The smallest absolute Gasteiger partial charge is 0.244 e. The summed E-state index contributed by atoms with van der Waals surface area (Å²) in [6.45, 7) is 3.51. The predicted molar refractivity (Wildman–Crippen MR) is 160 cm³/mol. The summed E-state index contributed by atoms with van der Waals surface area (Å²) in [4.78, 5) is 29.1. The average molecular weight is 635 g/mol. The number of rotatable bonds is 12. The minimum Gasteiger partial charge on any atom is -0.352 e. The maximum atomic E-state index is 14.0. The first-order valence-corrected chi connectivity index (χ1v) is 15.6. The second-order valence-electron chi connectivity index (χ2n) is 9.42. The molecule has 0 heterocycles. The largest absolute Gasteiger partial charge is 0.352 e. The second-order valence-corrected chi connectivity index (χ2v) is 12.7. The van der Waals surface area contributed by atoms with Crippen molar-refractivity contribution in [1.29, 1.82) is 0 Å². The molecule has 39 heavy (non-hydrogen) atoms. The molecule has 2 atom stereocenters. The normalized spacial score (nSPS) is 12.8. The van der Waals surface area contributed by atoms with E-state index in [1.807, 2.05) is 68.4 Å². The van der Waals surface area contributed by atoms with Crippen molar-refractivity contribution in [2.45, 2.75) is 45.3 Å². The number of anilines is 1. The first-order chi connectivity index (χ1) is 18.5. The number of carbonyl (C=O) groups excluding carboxylic acids is 2. The van der Waals surface area contributed by atoms with Crippen molar-refractivity contribution >= 4 is 55.1 Å². The zero-order valence-electron chi connectivity index (χ0n) is 22.2. The van der Waals surface area contributed by atoms with Gasteiger partial charge in [0, 0.05) is 28.5 Å². The van der Waals surface area contributed by atoms with E-state index in [4.69, 9.17) is 11.6 Å². The van der Waals surface area contributed by atoms with Crippen LogP contribution in [0.1, 0.15) is 31.4 Å². The van der Waals surface area contributed by atoms with Gasteiger partial charge in [-0.1, -0.05) is 76.9 Å². The highest BCUT2D eigenvalue weighted by Crippen LogP contribution is 2.23. The summed E-state index contributed by atoms with van der Waals surface area (Å²) in [5, 5.41) is 3.46. The second kappa shape index (κ2) is 14.0. The van der Waals surface area contributed by atoms with Crippen molar-refractivity contribution in [2.24, 2.45) is 0 Å². The Morgan fingerprint density at radius 3 is 2.21 bits per heavy atom. The summed E-state index contributed by atoms with van der Waals surface area (Å²) in [7, 11) is -3.83. The minimum absolute atomic E-state index is 0.0971. The van der Waals surface area contributed by atoms with Gasteiger partial charge in [0.15, 0.2) is 0 Å². The molecule has 2 amide bonds. The number of halogens is 2. The fraction of sp³-hybridized carbons (Fsp3) is 0.310. The fourth-order valence-corrected chi connectivity index (χ4v) is 5.47.